The third-order valence-electron chi connectivity index (χ3n) is 3.21. The van der Waals surface area contributed by atoms with Gasteiger partial charge in [-0.05, 0) is 93.9 Å². The maximum Gasteiger partial charge on any atom is 0.253 e. The highest BCUT2D eigenvalue weighted by Gasteiger charge is 2.20. The first-order valence-corrected chi connectivity index (χ1v) is 7.81. The fourth-order valence-corrected chi connectivity index (χ4v) is 2.69. The summed E-state index contributed by atoms with van der Waals surface area (Å²) in [6.45, 7) is 0. The van der Waals surface area contributed by atoms with Crippen molar-refractivity contribution in [1.82, 2.24) is 0 Å². The zero-order valence-electron chi connectivity index (χ0n) is 11.6. The molecule has 0 aliphatic rings. The molecule has 24 heavy (non-hydrogen) atoms. The van der Waals surface area contributed by atoms with E-state index in [1.54, 1.807) is 0 Å². The second-order valence-electron chi connectivity index (χ2n) is 4.62. The predicted molar refractivity (Wildman–Crippen MR) is 92.6 cm³/mol. The summed E-state index contributed by atoms with van der Waals surface area (Å²) in [4.78, 5) is 46.1. The molecular formula is C16H6Cl4O4. The lowest BCUT2D eigenvalue weighted by Gasteiger charge is -2.12. The molecule has 0 saturated carbocycles. The van der Waals surface area contributed by atoms with Gasteiger partial charge in [-0.2, -0.15) is 0 Å². The molecule has 0 aromatic heterocycles. The lowest BCUT2D eigenvalue weighted by atomic mass is 9.93. The SMILES string of the molecule is O=C(Cl)c1ccc(C(=O)Cl)c(-c2cc(C(=O)Cl)ccc2C(=O)Cl)c1. The molecule has 0 spiro atoms. The highest BCUT2D eigenvalue weighted by Crippen LogP contribution is 2.32. The summed E-state index contributed by atoms with van der Waals surface area (Å²) in [5.74, 6) is 0. The molecule has 0 saturated heterocycles. The van der Waals surface area contributed by atoms with E-state index >= 15 is 0 Å². The smallest absolute Gasteiger partial charge is 0.253 e. The molecule has 0 N–H and O–H groups in total. The van der Waals surface area contributed by atoms with Gasteiger partial charge in [0.25, 0.3) is 21.0 Å². The Bertz CT molecular complexity index is 816. The van der Waals surface area contributed by atoms with E-state index in [2.05, 4.69) is 0 Å². The Morgan fingerprint density at radius 3 is 1.12 bits per heavy atom. The van der Waals surface area contributed by atoms with Crippen molar-refractivity contribution in [1.29, 1.82) is 0 Å². The number of halogens is 4. The van der Waals surface area contributed by atoms with E-state index in [-0.39, 0.29) is 33.4 Å². The van der Waals surface area contributed by atoms with Crippen LogP contribution in [-0.2, 0) is 0 Å². The summed E-state index contributed by atoms with van der Waals surface area (Å²) in [5, 5.41) is -3.19. The Kier molecular flexibility index (Phi) is 5.78. The summed E-state index contributed by atoms with van der Waals surface area (Å²) >= 11 is 22.0. The second kappa shape index (κ2) is 7.45. The second-order valence-corrected chi connectivity index (χ2v) is 5.99. The molecular weight excluding hydrogens is 398 g/mol. The van der Waals surface area contributed by atoms with Crippen molar-refractivity contribution in [2.45, 2.75) is 0 Å². The van der Waals surface area contributed by atoms with Crippen LogP contribution >= 0.6 is 46.4 Å². The van der Waals surface area contributed by atoms with Crippen LogP contribution in [0.15, 0.2) is 36.4 Å². The molecule has 0 fully saturated rings. The molecule has 0 unspecified atom stereocenters. The standard InChI is InChI=1S/C16H6Cl4O4/c17-13(21)7-1-3-9(15(19)23)11(5-7)12-6-8(14(18)22)2-4-10(12)16(20)24/h1-6H. The summed E-state index contributed by atoms with van der Waals surface area (Å²) in [6, 6.07) is 7.77. The minimum absolute atomic E-state index is 0.0108. The van der Waals surface area contributed by atoms with E-state index in [0.29, 0.717) is 0 Å². The van der Waals surface area contributed by atoms with E-state index < -0.39 is 21.0 Å². The number of hydrogen-bond acceptors (Lipinski definition) is 4. The number of carbonyl (C=O) groups excluding carboxylic acids is 4. The number of rotatable bonds is 5. The fraction of sp³-hybridized carbons (Fsp3) is 0. The fourth-order valence-electron chi connectivity index (χ4n) is 2.12. The maximum atomic E-state index is 11.7. The van der Waals surface area contributed by atoms with Gasteiger partial charge in [-0.3, -0.25) is 19.2 Å². The molecule has 2 aromatic rings. The van der Waals surface area contributed by atoms with Gasteiger partial charge in [0.1, 0.15) is 0 Å². The monoisotopic (exact) mass is 402 g/mol. The van der Waals surface area contributed by atoms with Crippen LogP contribution in [0.2, 0.25) is 0 Å². The van der Waals surface area contributed by atoms with Crippen LogP contribution in [0.4, 0.5) is 0 Å². The Morgan fingerprint density at radius 1 is 0.542 bits per heavy atom. The third-order valence-corrected chi connectivity index (χ3v) is 4.05. The Balaban J connectivity index is 2.86. The van der Waals surface area contributed by atoms with Gasteiger partial charge in [-0.25, -0.2) is 0 Å². The van der Waals surface area contributed by atoms with Gasteiger partial charge in [0.2, 0.25) is 0 Å². The molecule has 0 aliphatic heterocycles. The van der Waals surface area contributed by atoms with Crippen molar-refractivity contribution in [3.05, 3.63) is 58.7 Å². The third kappa shape index (κ3) is 3.84. The molecule has 0 bridgehead atoms. The lowest BCUT2D eigenvalue weighted by molar-refractivity contribution is 0.106. The first-order valence-electron chi connectivity index (χ1n) is 6.30. The highest BCUT2D eigenvalue weighted by atomic mass is 35.5. The van der Waals surface area contributed by atoms with Crippen LogP contribution in [-0.4, -0.2) is 21.0 Å². The van der Waals surface area contributed by atoms with Crippen LogP contribution < -0.4 is 0 Å². The van der Waals surface area contributed by atoms with E-state index in [9.17, 15) is 19.2 Å². The normalized spacial score (nSPS) is 10.3. The van der Waals surface area contributed by atoms with Crippen LogP contribution in [0.5, 0.6) is 0 Å². The first-order chi connectivity index (χ1) is 11.2. The summed E-state index contributed by atoms with van der Waals surface area (Å²) in [5.41, 5.74) is 0.427. The van der Waals surface area contributed by atoms with Crippen molar-refractivity contribution in [2.75, 3.05) is 0 Å². The summed E-state index contributed by atoms with van der Waals surface area (Å²) in [7, 11) is 0. The van der Waals surface area contributed by atoms with E-state index in [0.717, 1.165) is 0 Å². The molecule has 0 atom stereocenters. The zero-order valence-corrected chi connectivity index (χ0v) is 14.6. The Morgan fingerprint density at radius 2 is 0.875 bits per heavy atom. The molecule has 0 amide bonds. The molecule has 0 aliphatic carbocycles. The largest absolute Gasteiger partial charge is 0.276 e. The van der Waals surface area contributed by atoms with Gasteiger partial charge in [0.15, 0.2) is 0 Å². The summed E-state index contributed by atoms with van der Waals surface area (Å²) < 4.78 is 0. The summed E-state index contributed by atoms with van der Waals surface area (Å²) in [6.07, 6.45) is 0. The molecule has 8 heteroatoms. The first kappa shape index (κ1) is 18.6. The number of hydrogen-bond donors (Lipinski definition) is 0. The maximum absolute atomic E-state index is 11.7. The van der Waals surface area contributed by atoms with Gasteiger partial charge >= 0.3 is 0 Å². The average Bonchev–Trinajstić information content (AvgIpc) is 2.53. The Labute approximate surface area is 156 Å². The topological polar surface area (TPSA) is 68.3 Å². The van der Waals surface area contributed by atoms with Gasteiger partial charge in [0.05, 0.1) is 0 Å². The van der Waals surface area contributed by atoms with Crippen molar-refractivity contribution in [3.8, 4) is 11.1 Å². The van der Waals surface area contributed by atoms with Crippen molar-refractivity contribution in [2.24, 2.45) is 0 Å². The number of carbonyl (C=O) groups is 4. The molecule has 122 valence electrons. The van der Waals surface area contributed by atoms with Gasteiger partial charge in [-0.15, -0.1) is 0 Å². The zero-order chi connectivity index (χ0) is 18.0. The number of benzene rings is 2. The van der Waals surface area contributed by atoms with E-state index in [4.69, 9.17) is 46.4 Å². The van der Waals surface area contributed by atoms with E-state index in [1.165, 1.54) is 36.4 Å². The molecule has 0 radical (unpaired) electrons. The lowest BCUT2D eigenvalue weighted by Crippen LogP contribution is -2.03. The van der Waals surface area contributed by atoms with Gasteiger partial charge in [0, 0.05) is 22.3 Å². The average molecular weight is 404 g/mol. The Hall–Kier alpha value is -1.72. The van der Waals surface area contributed by atoms with Crippen LogP contribution in [0.25, 0.3) is 11.1 Å². The predicted octanol–water partition coefficient (Wildman–Crippen LogP) is 4.87. The van der Waals surface area contributed by atoms with Crippen molar-refractivity contribution in [3.63, 3.8) is 0 Å². The quantitative estimate of drug-likeness (QED) is 0.667. The highest BCUT2D eigenvalue weighted by molar-refractivity contribution is 6.70. The van der Waals surface area contributed by atoms with Crippen LogP contribution in [0, 0.1) is 0 Å². The van der Waals surface area contributed by atoms with Crippen LogP contribution in [0.1, 0.15) is 41.4 Å². The van der Waals surface area contributed by atoms with Crippen molar-refractivity contribution < 1.29 is 19.2 Å². The molecule has 2 rings (SSSR count). The minimum atomic E-state index is -0.825. The van der Waals surface area contributed by atoms with Gasteiger partial charge < -0.3 is 0 Å². The minimum Gasteiger partial charge on any atom is -0.276 e. The van der Waals surface area contributed by atoms with Crippen LogP contribution in [0.3, 0.4) is 0 Å². The van der Waals surface area contributed by atoms with E-state index in [1.807, 2.05) is 0 Å². The van der Waals surface area contributed by atoms with Crippen molar-refractivity contribution >= 4 is 67.4 Å². The molecule has 0 heterocycles. The molecule has 4 nitrogen and oxygen atoms in total. The van der Waals surface area contributed by atoms with Gasteiger partial charge in [-0.1, -0.05) is 0 Å². The molecule has 2 aromatic carbocycles.